The maximum absolute atomic E-state index is 14.3. The Kier molecular flexibility index (Phi) is 4.88. The molecule has 0 aromatic carbocycles. The molecule has 0 aliphatic carbocycles. The summed E-state index contributed by atoms with van der Waals surface area (Å²) in [5.41, 5.74) is -0.376. The Labute approximate surface area is 156 Å². The number of hydrogen-bond acceptors (Lipinski definition) is 6. The lowest BCUT2D eigenvalue weighted by Crippen LogP contribution is -2.50. The molecule has 26 heavy (non-hydrogen) atoms. The normalized spacial score (nSPS) is 15.5. The maximum Gasteiger partial charge on any atom is 0.410 e. The largest absolute Gasteiger partial charge is 0.444 e. The highest BCUT2D eigenvalue weighted by molar-refractivity contribution is 6.30. The third-order valence-electron chi connectivity index (χ3n) is 3.96. The molecular formula is C17H21ClFN5O2. The third-order valence-corrected chi connectivity index (χ3v) is 4.23. The van der Waals surface area contributed by atoms with Gasteiger partial charge in [0.15, 0.2) is 11.0 Å². The second-order valence-corrected chi connectivity index (χ2v) is 7.53. The Morgan fingerprint density at radius 2 is 1.88 bits per heavy atom. The van der Waals surface area contributed by atoms with E-state index in [1.165, 1.54) is 6.20 Å². The van der Waals surface area contributed by atoms with E-state index in [4.69, 9.17) is 16.3 Å². The molecule has 1 saturated heterocycles. The van der Waals surface area contributed by atoms with Crippen LogP contribution < -0.4 is 4.90 Å². The quantitative estimate of drug-likeness (QED) is 0.706. The average Bonchev–Trinajstić information content (AvgIpc) is 2.56. The molecule has 3 rings (SSSR count). The van der Waals surface area contributed by atoms with Gasteiger partial charge >= 0.3 is 6.09 Å². The zero-order valence-corrected chi connectivity index (χ0v) is 16.0. The molecule has 1 fully saturated rings. The number of rotatable bonds is 1. The first-order valence-corrected chi connectivity index (χ1v) is 8.75. The molecule has 3 heterocycles. The van der Waals surface area contributed by atoms with Gasteiger partial charge < -0.3 is 14.5 Å². The van der Waals surface area contributed by atoms with Gasteiger partial charge in [0.25, 0.3) is 0 Å². The zero-order chi connectivity index (χ0) is 19.1. The Morgan fingerprint density at radius 1 is 1.23 bits per heavy atom. The van der Waals surface area contributed by atoms with E-state index in [1.807, 2.05) is 25.7 Å². The zero-order valence-electron chi connectivity index (χ0n) is 15.2. The van der Waals surface area contributed by atoms with Crippen LogP contribution in [0.3, 0.4) is 0 Å². The van der Waals surface area contributed by atoms with E-state index < -0.39 is 11.4 Å². The maximum atomic E-state index is 14.3. The van der Waals surface area contributed by atoms with Crippen molar-refractivity contribution in [2.45, 2.75) is 33.3 Å². The minimum atomic E-state index is -0.650. The summed E-state index contributed by atoms with van der Waals surface area (Å²) in [6.45, 7) is 9.29. The molecule has 1 amide bonds. The van der Waals surface area contributed by atoms with Crippen LogP contribution in [0.5, 0.6) is 0 Å². The van der Waals surface area contributed by atoms with E-state index in [2.05, 4.69) is 15.0 Å². The summed E-state index contributed by atoms with van der Waals surface area (Å²) < 4.78 is 19.7. The molecule has 0 saturated carbocycles. The summed E-state index contributed by atoms with van der Waals surface area (Å²) >= 11 is 5.77. The number of aromatic nitrogens is 3. The molecular weight excluding hydrogens is 361 g/mol. The number of aryl methyl sites for hydroxylation is 1. The van der Waals surface area contributed by atoms with Gasteiger partial charge in [0.1, 0.15) is 22.8 Å². The third kappa shape index (κ3) is 3.80. The average molecular weight is 382 g/mol. The number of piperazine rings is 1. The number of hydrogen-bond donors (Lipinski definition) is 0. The summed E-state index contributed by atoms with van der Waals surface area (Å²) in [6.07, 6.45) is 1.15. The SMILES string of the molecule is Cc1nc(N2CCN(C(=O)OC(C)(C)C)CC2)c2cnc(Cl)c(F)c2n1. The number of amides is 1. The molecule has 1 aliphatic rings. The lowest BCUT2D eigenvalue weighted by atomic mass is 10.2. The molecule has 0 radical (unpaired) electrons. The van der Waals surface area contributed by atoms with Crippen LogP contribution in [0, 0.1) is 12.7 Å². The minimum absolute atomic E-state index is 0.155. The second kappa shape index (κ2) is 6.83. The molecule has 1 aliphatic heterocycles. The van der Waals surface area contributed by atoms with Crippen LogP contribution >= 0.6 is 11.6 Å². The Balaban J connectivity index is 1.82. The molecule has 0 N–H and O–H groups in total. The number of carbonyl (C=O) groups excluding carboxylic acids is 1. The molecule has 7 nitrogen and oxygen atoms in total. The molecule has 0 atom stereocenters. The van der Waals surface area contributed by atoms with Crippen LogP contribution in [0.4, 0.5) is 15.0 Å². The van der Waals surface area contributed by atoms with Crippen LogP contribution in [-0.4, -0.2) is 57.7 Å². The van der Waals surface area contributed by atoms with Crippen molar-refractivity contribution in [3.05, 3.63) is 23.0 Å². The highest BCUT2D eigenvalue weighted by Crippen LogP contribution is 2.28. The fraction of sp³-hybridized carbons (Fsp3) is 0.529. The number of carbonyl (C=O) groups is 1. The highest BCUT2D eigenvalue weighted by Gasteiger charge is 2.27. The molecule has 2 aromatic rings. The first-order valence-electron chi connectivity index (χ1n) is 8.37. The smallest absolute Gasteiger partial charge is 0.410 e. The molecule has 140 valence electrons. The highest BCUT2D eigenvalue weighted by atomic mass is 35.5. The van der Waals surface area contributed by atoms with Crippen LogP contribution in [0.2, 0.25) is 5.15 Å². The minimum Gasteiger partial charge on any atom is -0.444 e. The summed E-state index contributed by atoms with van der Waals surface area (Å²) in [6, 6.07) is 0. The van der Waals surface area contributed by atoms with Crippen molar-refractivity contribution in [1.29, 1.82) is 0 Å². The number of anilines is 1. The first kappa shape index (κ1) is 18.6. The number of halogens is 2. The number of nitrogens with zero attached hydrogens (tertiary/aromatic N) is 5. The van der Waals surface area contributed by atoms with E-state index in [1.54, 1.807) is 11.8 Å². The fourth-order valence-electron chi connectivity index (χ4n) is 2.80. The van der Waals surface area contributed by atoms with Gasteiger partial charge in [-0.3, -0.25) is 0 Å². The summed E-state index contributed by atoms with van der Waals surface area (Å²) in [5, 5.41) is 0.291. The van der Waals surface area contributed by atoms with Crippen molar-refractivity contribution < 1.29 is 13.9 Å². The van der Waals surface area contributed by atoms with Crippen LogP contribution in [0.25, 0.3) is 10.9 Å². The van der Waals surface area contributed by atoms with Crippen molar-refractivity contribution >= 4 is 34.4 Å². The van der Waals surface area contributed by atoms with Crippen molar-refractivity contribution in [1.82, 2.24) is 19.9 Å². The van der Waals surface area contributed by atoms with Gasteiger partial charge in [-0.1, -0.05) is 11.6 Å². The summed E-state index contributed by atoms with van der Waals surface area (Å²) in [5.74, 6) is 0.394. The van der Waals surface area contributed by atoms with Gasteiger partial charge in [-0.25, -0.2) is 24.1 Å². The summed E-state index contributed by atoms with van der Waals surface area (Å²) in [7, 11) is 0. The predicted octanol–water partition coefficient (Wildman–Crippen LogP) is 3.18. The monoisotopic (exact) mass is 381 g/mol. The molecule has 0 unspecified atom stereocenters. The van der Waals surface area contributed by atoms with Gasteiger partial charge in [0.2, 0.25) is 0 Å². The van der Waals surface area contributed by atoms with E-state index in [9.17, 15) is 9.18 Å². The van der Waals surface area contributed by atoms with Gasteiger partial charge in [0, 0.05) is 32.4 Å². The standard InChI is InChI=1S/C17H21ClFN5O2/c1-10-21-13-11(9-20-14(18)12(13)19)15(22-10)23-5-7-24(8-6-23)16(25)26-17(2,3)4/h9H,5-8H2,1-4H3. The number of ether oxygens (including phenoxy) is 1. The fourth-order valence-corrected chi connectivity index (χ4v) is 2.93. The van der Waals surface area contributed by atoms with Crippen molar-refractivity contribution in [2.75, 3.05) is 31.1 Å². The lowest BCUT2D eigenvalue weighted by Gasteiger charge is -2.36. The molecule has 9 heteroatoms. The lowest BCUT2D eigenvalue weighted by molar-refractivity contribution is 0.0240. The first-order chi connectivity index (χ1) is 12.2. The number of pyridine rings is 1. The van der Waals surface area contributed by atoms with Gasteiger partial charge in [-0.15, -0.1) is 0 Å². The van der Waals surface area contributed by atoms with E-state index in [0.717, 1.165) is 0 Å². The van der Waals surface area contributed by atoms with E-state index in [-0.39, 0.29) is 16.8 Å². The molecule has 0 bridgehead atoms. The Bertz CT molecular complexity index is 847. The van der Waals surface area contributed by atoms with Crippen LogP contribution in [0.1, 0.15) is 26.6 Å². The van der Waals surface area contributed by atoms with E-state index >= 15 is 0 Å². The Morgan fingerprint density at radius 3 is 2.50 bits per heavy atom. The molecule has 2 aromatic heterocycles. The Hall–Kier alpha value is -2.22. The predicted molar refractivity (Wildman–Crippen MR) is 97.1 cm³/mol. The van der Waals surface area contributed by atoms with Gasteiger partial charge in [-0.2, -0.15) is 0 Å². The number of fused-ring (bicyclic) bond motifs is 1. The summed E-state index contributed by atoms with van der Waals surface area (Å²) in [4.78, 5) is 28.3. The van der Waals surface area contributed by atoms with Gasteiger partial charge in [0.05, 0.1) is 5.39 Å². The van der Waals surface area contributed by atoms with Gasteiger partial charge in [-0.05, 0) is 27.7 Å². The van der Waals surface area contributed by atoms with E-state index in [0.29, 0.717) is 43.2 Å². The van der Waals surface area contributed by atoms with Crippen molar-refractivity contribution in [2.24, 2.45) is 0 Å². The topological polar surface area (TPSA) is 71.5 Å². The molecule has 0 spiro atoms. The van der Waals surface area contributed by atoms with Crippen LogP contribution in [-0.2, 0) is 4.74 Å². The van der Waals surface area contributed by atoms with Crippen LogP contribution in [0.15, 0.2) is 6.20 Å². The van der Waals surface area contributed by atoms with Crippen molar-refractivity contribution in [3.8, 4) is 0 Å². The second-order valence-electron chi connectivity index (χ2n) is 7.17. The van der Waals surface area contributed by atoms with Crippen molar-refractivity contribution in [3.63, 3.8) is 0 Å².